The highest BCUT2D eigenvalue weighted by atomic mass is 19.2. The van der Waals surface area contributed by atoms with Crippen molar-refractivity contribution in [1.82, 2.24) is 15.5 Å². The molecule has 0 saturated carbocycles. The van der Waals surface area contributed by atoms with Crippen LogP contribution in [0.5, 0.6) is 5.75 Å². The summed E-state index contributed by atoms with van der Waals surface area (Å²) in [6.45, 7) is 5.78. The molecule has 0 aliphatic heterocycles. The third-order valence-corrected chi connectivity index (χ3v) is 3.11. The number of nitrogens with one attached hydrogen (secondary N) is 1. The standard InChI is InChI=1S/C14H17F2N3O2/c1-7(2)13(14-18-8(3)19-21-14)17-6-9-4-10(15)11(16)5-12(9)20/h4-5,7,13,17,20H,6H2,1-3H3. The summed E-state index contributed by atoms with van der Waals surface area (Å²) in [5.41, 5.74) is 0.260. The van der Waals surface area contributed by atoms with E-state index in [1.165, 1.54) is 0 Å². The first-order chi connectivity index (χ1) is 9.88. The number of aromatic nitrogens is 2. The summed E-state index contributed by atoms with van der Waals surface area (Å²) in [4.78, 5) is 4.16. The molecule has 1 atom stereocenters. The number of hydrogen-bond acceptors (Lipinski definition) is 5. The van der Waals surface area contributed by atoms with Gasteiger partial charge in [0, 0.05) is 18.2 Å². The summed E-state index contributed by atoms with van der Waals surface area (Å²) in [6, 6.07) is 1.47. The van der Waals surface area contributed by atoms with Crippen molar-refractivity contribution in [2.75, 3.05) is 0 Å². The van der Waals surface area contributed by atoms with Crippen molar-refractivity contribution in [3.8, 4) is 5.75 Å². The van der Waals surface area contributed by atoms with Gasteiger partial charge in [-0.3, -0.25) is 0 Å². The van der Waals surface area contributed by atoms with E-state index < -0.39 is 11.6 Å². The highest BCUT2D eigenvalue weighted by Crippen LogP contribution is 2.24. The van der Waals surface area contributed by atoms with E-state index >= 15 is 0 Å². The van der Waals surface area contributed by atoms with Gasteiger partial charge in [0.05, 0.1) is 6.04 Å². The lowest BCUT2D eigenvalue weighted by Gasteiger charge is -2.19. The van der Waals surface area contributed by atoms with Crippen molar-refractivity contribution < 1.29 is 18.4 Å². The van der Waals surface area contributed by atoms with Crippen molar-refractivity contribution in [1.29, 1.82) is 0 Å². The van der Waals surface area contributed by atoms with Crippen LogP contribution in [0.15, 0.2) is 16.7 Å². The first-order valence-electron chi connectivity index (χ1n) is 6.59. The fourth-order valence-corrected chi connectivity index (χ4v) is 1.99. The van der Waals surface area contributed by atoms with Gasteiger partial charge in [-0.1, -0.05) is 19.0 Å². The summed E-state index contributed by atoms with van der Waals surface area (Å²) >= 11 is 0. The van der Waals surface area contributed by atoms with Crippen LogP contribution in [0.25, 0.3) is 0 Å². The maximum Gasteiger partial charge on any atom is 0.244 e. The van der Waals surface area contributed by atoms with Crippen molar-refractivity contribution >= 4 is 0 Å². The quantitative estimate of drug-likeness (QED) is 0.888. The summed E-state index contributed by atoms with van der Waals surface area (Å²) in [5, 5.41) is 16.5. The van der Waals surface area contributed by atoms with Crippen molar-refractivity contribution in [3.05, 3.63) is 41.0 Å². The van der Waals surface area contributed by atoms with Gasteiger partial charge in [0.1, 0.15) is 5.75 Å². The van der Waals surface area contributed by atoms with Crippen LogP contribution in [-0.4, -0.2) is 15.2 Å². The van der Waals surface area contributed by atoms with E-state index in [-0.39, 0.29) is 29.8 Å². The van der Waals surface area contributed by atoms with Gasteiger partial charge >= 0.3 is 0 Å². The molecule has 0 aliphatic carbocycles. The minimum atomic E-state index is -1.08. The zero-order valence-corrected chi connectivity index (χ0v) is 12.0. The predicted octanol–water partition coefficient (Wildman–Crippen LogP) is 2.85. The molecule has 0 saturated heterocycles. The van der Waals surface area contributed by atoms with E-state index in [9.17, 15) is 13.9 Å². The Morgan fingerprint density at radius 2 is 1.95 bits per heavy atom. The van der Waals surface area contributed by atoms with E-state index in [0.717, 1.165) is 12.1 Å². The fourth-order valence-electron chi connectivity index (χ4n) is 1.99. The second-order valence-corrected chi connectivity index (χ2v) is 5.18. The molecule has 7 heteroatoms. The van der Waals surface area contributed by atoms with Gasteiger partial charge in [0.15, 0.2) is 17.5 Å². The smallest absolute Gasteiger partial charge is 0.244 e. The molecular formula is C14H17F2N3O2. The Labute approximate surface area is 121 Å². The number of benzene rings is 1. The second kappa shape index (κ2) is 6.17. The lowest BCUT2D eigenvalue weighted by Crippen LogP contribution is -2.25. The molecule has 0 amide bonds. The largest absolute Gasteiger partial charge is 0.508 e. The molecule has 2 rings (SSSR count). The number of aryl methyl sites for hydroxylation is 1. The molecule has 114 valence electrons. The highest BCUT2D eigenvalue weighted by Gasteiger charge is 2.22. The summed E-state index contributed by atoms with van der Waals surface area (Å²) < 4.78 is 31.3. The number of phenols is 1. The first kappa shape index (κ1) is 15.4. The molecule has 1 unspecified atom stereocenters. The zero-order valence-electron chi connectivity index (χ0n) is 12.0. The number of phenolic OH excluding ortho intramolecular Hbond substituents is 1. The van der Waals surface area contributed by atoms with Crippen LogP contribution in [0.2, 0.25) is 0 Å². The molecule has 0 aliphatic rings. The molecule has 0 radical (unpaired) electrons. The minimum absolute atomic E-state index is 0.136. The zero-order chi connectivity index (χ0) is 15.6. The van der Waals surface area contributed by atoms with Gasteiger partial charge in [-0.05, 0) is 18.9 Å². The maximum absolute atomic E-state index is 13.2. The molecule has 1 aromatic heterocycles. The predicted molar refractivity (Wildman–Crippen MR) is 71.5 cm³/mol. The molecule has 0 bridgehead atoms. The number of rotatable bonds is 5. The van der Waals surface area contributed by atoms with Crippen LogP contribution >= 0.6 is 0 Å². The average Bonchev–Trinajstić information content (AvgIpc) is 2.81. The Morgan fingerprint density at radius 3 is 2.52 bits per heavy atom. The second-order valence-electron chi connectivity index (χ2n) is 5.18. The minimum Gasteiger partial charge on any atom is -0.508 e. The Morgan fingerprint density at radius 1 is 1.29 bits per heavy atom. The number of aromatic hydroxyl groups is 1. The van der Waals surface area contributed by atoms with Crippen LogP contribution in [0.1, 0.15) is 37.2 Å². The van der Waals surface area contributed by atoms with E-state index in [2.05, 4.69) is 15.5 Å². The van der Waals surface area contributed by atoms with E-state index in [1.807, 2.05) is 13.8 Å². The number of halogens is 2. The molecule has 2 N–H and O–H groups in total. The lowest BCUT2D eigenvalue weighted by molar-refractivity contribution is 0.286. The third-order valence-electron chi connectivity index (χ3n) is 3.11. The van der Waals surface area contributed by atoms with Crippen LogP contribution in [0.4, 0.5) is 8.78 Å². The van der Waals surface area contributed by atoms with Crippen molar-refractivity contribution in [2.24, 2.45) is 5.92 Å². The molecule has 21 heavy (non-hydrogen) atoms. The van der Waals surface area contributed by atoms with Gasteiger partial charge in [-0.25, -0.2) is 8.78 Å². The Hall–Kier alpha value is -2.02. The van der Waals surface area contributed by atoms with Crippen LogP contribution in [0, 0.1) is 24.5 Å². The summed E-state index contributed by atoms with van der Waals surface area (Å²) in [7, 11) is 0. The van der Waals surface area contributed by atoms with E-state index in [4.69, 9.17) is 4.52 Å². The van der Waals surface area contributed by atoms with Crippen molar-refractivity contribution in [3.63, 3.8) is 0 Å². The topological polar surface area (TPSA) is 71.2 Å². The van der Waals surface area contributed by atoms with E-state index in [1.54, 1.807) is 6.92 Å². The van der Waals surface area contributed by atoms with E-state index in [0.29, 0.717) is 11.7 Å². The molecule has 0 spiro atoms. The number of hydrogen-bond donors (Lipinski definition) is 2. The number of nitrogens with zero attached hydrogens (tertiary/aromatic N) is 2. The molecule has 2 aromatic rings. The lowest BCUT2D eigenvalue weighted by atomic mass is 10.0. The molecule has 1 aromatic carbocycles. The Kier molecular flexibility index (Phi) is 4.52. The van der Waals surface area contributed by atoms with Gasteiger partial charge in [-0.15, -0.1) is 0 Å². The fraction of sp³-hybridized carbons (Fsp3) is 0.429. The third kappa shape index (κ3) is 3.55. The van der Waals surface area contributed by atoms with Crippen molar-refractivity contribution in [2.45, 2.75) is 33.4 Å². The summed E-state index contributed by atoms with van der Waals surface area (Å²) in [5.74, 6) is -1.30. The normalized spacial score (nSPS) is 12.9. The van der Waals surface area contributed by atoms with Gasteiger partial charge in [0.2, 0.25) is 5.89 Å². The highest BCUT2D eigenvalue weighted by molar-refractivity contribution is 5.33. The Bertz CT molecular complexity index is 629. The van der Waals surface area contributed by atoms with Crippen LogP contribution in [0.3, 0.4) is 0 Å². The molecular weight excluding hydrogens is 280 g/mol. The van der Waals surface area contributed by atoms with Gasteiger partial charge in [0.25, 0.3) is 0 Å². The van der Waals surface area contributed by atoms with Gasteiger partial charge < -0.3 is 14.9 Å². The molecule has 0 fully saturated rings. The van der Waals surface area contributed by atoms with Gasteiger partial charge in [-0.2, -0.15) is 4.98 Å². The average molecular weight is 297 g/mol. The molecule has 5 nitrogen and oxygen atoms in total. The SMILES string of the molecule is Cc1noc(C(NCc2cc(F)c(F)cc2O)C(C)C)n1. The summed E-state index contributed by atoms with van der Waals surface area (Å²) in [6.07, 6.45) is 0. The first-order valence-corrected chi connectivity index (χ1v) is 6.59. The maximum atomic E-state index is 13.2. The Balaban J connectivity index is 2.14. The molecule has 1 heterocycles. The van der Waals surface area contributed by atoms with Crippen LogP contribution < -0.4 is 5.32 Å². The monoisotopic (exact) mass is 297 g/mol. The van der Waals surface area contributed by atoms with Crippen LogP contribution in [-0.2, 0) is 6.54 Å².